The number of fused-ring (bicyclic) bond motifs is 1. The number of carbonyl (C=O) groups excluding carboxylic acids is 3. The smallest absolute Gasteiger partial charge is 0.307 e. The summed E-state index contributed by atoms with van der Waals surface area (Å²) < 4.78 is 14.1. The minimum absolute atomic E-state index is 0.0512. The van der Waals surface area contributed by atoms with Crippen LogP contribution in [-0.2, 0) is 32.4 Å². The molecule has 0 saturated carbocycles. The lowest BCUT2D eigenvalue weighted by molar-refractivity contribution is -0.148. The monoisotopic (exact) mass is 704 g/mol. The van der Waals surface area contributed by atoms with Crippen LogP contribution in [0.5, 0.6) is 0 Å². The zero-order valence-corrected chi connectivity index (χ0v) is 30.1. The van der Waals surface area contributed by atoms with E-state index in [2.05, 4.69) is 11.9 Å². The maximum absolute atomic E-state index is 13.1. The Morgan fingerprint density at radius 3 is 2.35 bits per heavy atom. The molecule has 0 fully saturated rings. The van der Waals surface area contributed by atoms with Crippen LogP contribution in [0.25, 0.3) is 23.1 Å². The van der Waals surface area contributed by atoms with Gasteiger partial charge in [-0.15, -0.1) is 0 Å². The number of pyridine rings is 1. The number of esters is 2. The highest BCUT2D eigenvalue weighted by Crippen LogP contribution is 2.30. The van der Waals surface area contributed by atoms with Crippen molar-refractivity contribution in [1.29, 1.82) is 0 Å². The van der Waals surface area contributed by atoms with Crippen LogP contribution >= 0.6 is 23.5 Å². The first-order valence-corrected chi connectivity index (χ1v) is 18.0. The van der Waals surface area contributed by atoms with Crippen LogP contribution in [0.15, 0.2) is 65.7 Å². The number of ether oxygens (including phenoxy) is 2. The second-order valence-corrected chi connectivity index (χ2v) is 13.4. The fourth-order valence-electron chi connectivity index (χ4n) is 5.31. The van der Waals surface area contributed by atoms with E-state index < -0.39 is 0 Å². The number of aromatic nitrogens is 3. The molecule has 0 bridgehead atoms. The quantitative estimate of drug-likeness (QED) is 0.0540. The molecule has 0 spiro atoms. The van der Waals surface area contributed by atoms with Crippen molar-refractivity contribution in [3.05, 3.63) is 88.3 Å². The van der Waals surface area contributed by atoms with Crippen LogP contribution in [0, 0.1) is 0 Å². The molecule has 0 saturated heterocycles. The van der Waals surface area contributed by atoms with Crippen molar-refractivity contribution in [3.63, 3.8) is 0 Å². The average Bonchev–Trinajstić information content (AvgIpc) is 3.44. The minimum Gasteiger partial charge on any atom is -0.461 e. The molecular formula is C38H45ClN4O5S. The Hall–Kier alpha value is -4.15. The van der Waals surface area contributed by atoms with Gasteiger partial charge in [-0.25, -0.2) is 4.68 Å². The summed E-state index contributed by atoms with van der Waals surface area (Å²) in [4.78, 5) is 42.4. The van der Waals surface area contributed by atoms with Gasteiger partial charge in [0.2, 0.25) is 0 Å². The molecule has 4 aromatic rings. The van der Waals surface area contributed by atoms with Crippen molar-refractivity contribution >= 4 is 64.4 Å². The highest BCUT2D eigenvalue weighted by molar-refractivity contribution is 7.97. The van der Waals surface area contributed by atoms with Gasteiger partial charge in [0.25, 0.3) is 5.91 Å². The first-order chi connectivity index (χ1) is 23.8. The number of hydrogen-bond acceptors (Lipinski definition) is 8. The van der Waals surface area contributed by atoms with E-state index in [4.69, 9.17) is 26.2 Å². The minimum atomic E-state index is -0.372. The van der Waals surface area contributed by atoms with Gasteiger partial charge in [0.15, 0.2) is 6.73 Å². The number of amides is 1. The Labute approximate surface area is 298 Å². The van der Waals surface area contributed by atoms with Gasteiger partial charge >= 0.3 is 11.9 Å². The van der Waals surface area contributed by atoms with E-state index in [0.717, 1.165) is 40.6 Å². The Bertz CT molecular complexity index is 1740. The summed E-state index contributed by atoms with van der Waals surface area (Å²) >= 11 is 7.54. The molecule has 0 N–H and O–H groups in total. The summed E-state index contributed by atoms with van der Waals surface area (Å²) in [6.45, 7) is 3.64. The Morgan fingerprint density at radius 2 is 1.61 bits per heavy atom. The van der Waals surface area contributed by atoms with E-state index in [9.17, 15) is 14.4 Å². The van der Waals surface area contributed by atoms with Gasteiger partial charge in [0.05, 0.1) is 27.5 Å². The van der Waals surface area contributed by atoms with E-state index in [1.165, 1.54) is 61.7 Å². The lowest BCUT2D eigenvalue weighted by Gasteiger charge is -2.16. The first kappa shape index (κ1) is 37.7. The van der Waals surface area contributed by atoms with Crippen molar-refractivity contribution < 1.29 is 23.9 Å². The van der Waals surface area contributed by atoms with Crippen molar-refractivity contribution in [2.45, 2.75) is 96.3 Å². The maximum atomic E-state index is 13.1. The molecule has 2 aromatic carbocycles. The fraction of sp³-hybridized carbons (Fsp3) is 0.395. The highest BCUT2D eigenvalue weighted by atomic mass is 35.5. The van der Waals surface area contributed by atoms with Crippen LogP contribution in [0.3, 0.4) is 0 Å². The van der Waals surface area contributed by atoms with E-state index in [0.29, 0.717) is 28.4 Å². The number of rotatable bonds is 19. The molecule has 0 radical (unpaired) electrons. The molecule has 4 rings (SSSR count). The number of unbranched alkanes of at least 4 members (excludes halogenated alkanes) is 8. The fourth-order valence-corrected chi connectivity index (χ4v) is 6.31. The van der Waals surface area contributed by atoms with Crippen LogP contribution < -0.4 is 0 Å². The molecule has 9 nitrogen and oxygen atoms in total. The van der Waals surface area contributed by atoms with Crippen molar-refractivity contribution in [2.24, 2.45) is 0 Å². The second-order valence-electron chi connectivity index (χ2n) is 11.8. The number of hydrogen-bond donors (Lipinski definition) is 0. The van der Waals surface area contributed by atoms with Crippen molar-refractivity contribution in [1.82, 2.24) is 19.1 Å². The Kier molecular flexibility index (Phi) is 15.2. The lowest BCUT2D eigenvalue weighted by Crippen LogP contribution is -2.19. The van der Waals surface area contributed by atoms with Crippen LogP contribution in [0.1, 0.15) is 105 Å². The Balaban J connectivity index is 1.48. The predicted octanol–water partition coefficient (Wildman–Crippen LogP) is 9.52. The molecule has 0 atom stereocenters. The van der Waals surface area contributed by atoms with Crippen molar-refractivity contribution in [3.8, 4) is 0 Å². The normalized spacial score (nSPS) is 11.3. The molecule has 260 valence electrons. The Morgan fingerprint density at radius 1 is 0.898 bits per heavy atom. The number of halogens is 1. The lowest BCUT2D eigenvalue weighted by atomic mass is 10.1. The third-order valence-electron chi connectivity index (χ3n) is 7.97. The van der Waals surface area contributed by atoms with Crippen LogP contribution in [-0.4, -0.2) is 44.0 Å². The zero-order valence-electron chi connectivity index (χ0n) is 28.5. The third kappa shape index (κ3) is 11.7. The maximum Gasteiger partial charge on any atom is 0.307 e. The number of carbonyl (C=O) groups is 3. The van der Waals surface area contributed by atoms with E-state index in [1.807, 2.05) is 36.4 Å². The van der Waals surface area contributed by atoms with E-state index in [1.54, 1.807) is 48.3 Å². The SMILES string of the molecule is CCCCCCCCCCCC(=O)OCn1nc(/C=C/c2ncccc2COC(C)=O)c2ccc(SN(C)C(=O)c3ccccc3Cl)cc21. The number of nitrogens with zero attached hydrogens (tertiary/aromatic N) is 4. The predicted molar refractivity (Wildman–Crippen MR) is 196 cm³/mol. The third-order valence-corrected chi connectivity index (χ3v) is 9.21. The van der Waals surface area contributed by atoms with Gasteiger partial charge in [0, 0.05) is 42.4 Å². The van der Waals surface area contributed by atoms with Gasteiger partial charge in [-0.1, -0.05) is 88.1 Å². The highest BCUT2D eigenvalue weighted by Gasteiger charge is 2.18. The molecule has 49 heavy (non-hydrogen) atoms. The standard InChI is InChI=1S/C38H45ClN4O5S/c1-4-5-6-7-8-9-10-11-12-19-37(45)48-27-43-36-25-30(49-42(3)38(46)31-17-13-14-18-33(31)39)20-21-32(36)35(41-43)23-22-34-29(16-15-24-40-34)26-47-28(2)44/h13-18,20-25H,4-12,19,26-27H2,1-3H3/b23-22+. The van der Waals surface area contributed by atoms with Crippen LogP contribution in [0.2, 0.25) is 5.02 Å². The molecule has 0 aliphatic carbocycles. The molecule has 2 aromatic heterocycles. The summed E-state index contributed by atoms with van der Waals surface area (Å²) in [5.41, 5.74) is 3.20. The van der Waals surface area contributed by atoms with Gasteiger partial charge in [-0.3, -0.25) is 23.7 Å². The second kappa shape index (κ2) is 19.7. The van der Waals surface area contributed by atoms with Gasteiger partial charge in [0.1, 0.15) is 6.61 Å². The number of benzene rings is 2. The van der Waals surface area contributed by atoms with Gasteiger partial charge < -0.3 is 9.47 Å². The summed E-state index contributed by atoms with van der Waals surface area (Å²) in [5.74, 6) is -0.857. The van der Waals surface area contributed by atoms with E-state index >= 15 is 0 Å². The van der Waals surface area contributed by atoms with E-state index in [-0.39, 0.29) is 31.2 Å². The molecule has 2 heterocycles. The molecule has 0 unspecified atom stereocenters. The topological polar surface area (TPSA) is 104 Å². The summed E-state index contributed by atoms with van der Waals surface area (Å²) in [5, 5.41) is 5.99. The first-order valence-electron chi connectivity index (χ1n) is 16.9. The largest absolute Gasteiger partial charge is 0.461 e. The molecule has 11 heteroatoms. The molecule has 0 aliphatic rings. The zero-order chi connectivity index (χ0) is 35.0. The summed E-state index contributed by atoms with van der Waals surface area (Å²) in [7, 11) is 1.69. The summed E-state index contributed by atoms with van der Waals surface area (Å²) in [6.07, 6.45) is 16.2. The van der Waals surface area contributed by atoms with Gasteiger partial charge in [-0.05, 0) is 66.9 Å². The van der Waals surface area contributed by atoms with Crippen molar-refractivity contribution in [2.75, 3.05) is 7.05 Å². The molecule has 0 aliphatic heterocycles. The molecule has 1 amide bonds. The molecular weight excluding hydrogens is 660 g/mol. The van der Waals surface area contributed by atoms with Gasteiger partial charge in [-0.2, -0.15) is 5.10 Å². The van der Waals surface area contributed by atoms with Crippen LogP contribution in [0.4, 0.5) is 0 Å². The summed E-state index contributed by atoms with van der Waals surface area (Å²) in [6, 6.07) is 16.3. The average molecular weight is 705 g/mol.